The minimum Gasteiger partial charge on any atom is -0.354 e. The molecule has 1 amide bonds. The van der Waals surface area contributed by atoms with Gasteiger partial charge in [0.2, 0.25) is 5.91 Å². The van der Waals surface area contributed by atoms with Crippen molar-refractivity contribution in [3.05, 3.63) is 0 Å². The monoisotopic (exact) mass is 223 g/mol. The minimum absolute atomic E-state index is 0.288. The van der Waals surface area contributed by atoms with Crippen LogP contribution in [0.15, 0.2) is 0 Å². The third-order valence-electron chi connectivity index (χ3n) is 4.34. The summed E-state index contributed by atoms with van der Waals surface area (Å²) in [6.45, 7) is 4.09. The lowest BCUT2D eigenvalue weighted by molar-refractivity contribution is -0.127. The van der Waals surface area contributed by atoms with Crippen molar-refractivity contribution in [1.82, 2.24) is 5.32 Å². The molecule has 2 saturated carbocycles. The van der Waals surface area contributed by atoms with Gasteiger partial charge >= 0.3 is 0 Å². The number of nitrogens with one attached hydrogen (secondary N) is 1. The number of hydrogen-bond donors (Lipinski definition) is 1. The maximum Gasteiger partial charge on any atom is 0.223 e. The van der Waals surface area contributed by atoms with Crippen LogP contribution in [0.3, 0.4) is 0 Å². The first kappa shape index (κ1) is 11.9. The van der Waals surface area contributed by atoms with Crippen molar-refractivity contribution in [2.75, 3.05) is 0 Å². The SMILES string of the molecule is CC(C)NC(=O)C1CCC2CCCCC2C1. The molecule has 0 spiro atoms. The number of fused-ring (bicyclic) bond motifs is 1. The zero-order valence-electron chi connectivity index (χ0n) is 10.7. The van der Waals surface area contributed by atoms with Gasteiger partial charge in [0.25, 0.3) is 0 Å². The second-order valence-corrected chi connectivity index (χ2v) is 5.98. The maximum absolute atomic E-state index is 12.0. The van der Waals surface area contributed by atoms with Gasteiger partial charge in [0.1, 0.15) is 0 Å². The summed E-state index contributed by atoms with van der Waals surface area (Å²) in [7, 11) is 0. The summed E-state index contributed by atoms with van der Waals surface area (Å²) in [6, 6.07) is 0.288. The van der Waals surface area contributed by atoms with Crippen LogP contribution in [-0.4, -0.2) is 11.9 Å². The van der Waals surface area contributed by atoms with Crippen LogP contribution in [0.2, 0.25) is 0 Å². The van der Waals surface area contributed by atoms with Crippen LogP contribution in [0.5, 0.6) is 0 Å². The number of carbonyl (C=O) groups is 1. The number of rotatable bonds is 2. The summed E-state index contributed by atoms with van der Waals surface area (Å²) in [5, 5.41) is 3.07. The Morgan fingerprint density at radius 3 is 2.44 bits per heavy atom. The highest BCUT2D eigenvalue weighted by atomic mass is 16.1. The lowest BCUT2D eigenvalue weighted by atomic mass is 9.67. The Hall–Kier alpha value is -0.530. The van der Waals surface area contributed by atoms with E-state index >= 15 is 0 Å². The quantitative estimate of drug-likeness (QED) is 0.765. The van der Waals surface area contributed by atoms with E-state index in [4.69, 9.17) is 0 Å². The van der Waals surface area contributed by atoms with Crippen molar-refractivity contribution in [2.24, 2.45) is 17.8 Å². The van der Waals surface area contributed by atoms with Crippen LogP contribution in [0.25, 0.3) is 0 Å². The zero-order chi connectivity index (χ0) is 11.5. The van der Waals surface area contributed by atoms with Gasteiger partial charge in [-0.2, -0.15) is 0 Å². The van der Waals surface area contributed by atoms with Crippen molar-refractivity contribution in [2.45, 2.75) is 64.8 Å². The average Bonchev–Trinajstić information content (AvgIpc) is 2.27. The summed E-state index contributed by atoms with van der Waals surface area (Å²) in [6.07, 6.45) is 9.17. The summed E-state index contributed by atoms with van der Waals surface area (Å²) in [5.41, 5.74) is 0. The average molecular weight is 223 g/mol. The smallest absolute Gasteiger partial charge is 0.223 e. The highest BCUT2D eigenvalue weighted by Crippen LogP contribution is 2.42. The molecule has 2 rings (SSSR count). The van der Waals surface area contributed by atoms with Crippen LogP contribution in [0.1, 0.15) is 58.8 Å². The summed E-state index contributed by atoms with van der Waals surface area (Å²) in [5.74, 6) is 2.41. The molecule has 0 aromatic carbocycles. The Morgan fingerprint density at radius 2 is 1.75 bits per heavy atom. The summed E-state index contributed by atoms with van der Waals surface area (Å²) in [4.78, 5) is 12.0. The van der Waals surface area contributed by atoms with Crippen molar-refractivity contribution < 1.29 is 4.79 Å². The van der Waals surface area contributed by atoms with Gasteiger partial charge in [0.15, 0.2) is 0 Å². The van der Waals surface area contributed by atoms with E-state index in [9.17, 15) is 4.79 Å². The molecule has 2 nitrogen and oxygen atoms in total. The van der Waals surface area contributed by atoms with E-state index < -0.39 is 0 Å². The summed E-state index contributed by atoms with van der Waals surface area (Å²) >= 11 is 0. The molecule has 16 heavy (non-hydrogen) atoms. The largest absolute Gasteiger partial charge is 0.354 e. The van der Waals surface area contributed by atoms with Gasteiger partial charge in [0, 0.05) is 12.0 Å². The molecule has 0 aromatic rings. The van der Waals surface area contributed by atoms with Gasteiger partial charge in [-0.25, -0.2) is 0 Å². The Kier molecular flexibility index (Phi) is 3.88. The first-order valence-corrected chi connectivity index (χ1v) is 6.97. The first-order valence-electron chi connectivity index (χ1n) is 6.97. The normalized spacial score (nSPS) is 34.6. The molecule has 0 heterocycles. The van der Waals surface area contributed by atoms with E-state index in [1.165, 1.54) is 32.1 Å². The molecule has 0 saturated heterocycles. The Bertz CT molecular complexity index is 249. The number of hydrogen-bond acceptors (Lipinski definition) is 1. The van der Waals surface area contributed by atoms with Crippen LogP contribution >= 0.6 is 0 Å². The molecule has 3 unspecified atom stereocenters. The molecule has 2 fully saturated rings. The zero-order valence-corrected chi connectivity index (χ0v) is 10.7. The van der Waals surface area contributed by atoms with Gasteiger partial charge in [0.05, 0.1) is 0 Å². The van der Waals surface area contributed by atoms with Crippen LogP contribution in [-0.2, 0) is 4.79 Å². The van der Waals surface area contributed by atoms with Crippen LogP contribution < -0.4 is 5.32 Å². The standard InChI is InChI=1S/C14H25NO/c1-10(2)15-14(16)13-8-7-11-5-3-4-6-12(11)9-13/h10-13H,3-9H2,1-2H3,(H,15,16). The lowest BCUT2D eigenvalue weighted by Crippen LogP contribution is -2.39. The highest BCUT2D eigenvalue weighted by molar-refractivity contribution is 5.78. The van der Waals surface area contributed by atoms with Gasteiger partial charge in [-0.05, 0) is 44.9 Å². The molecule has 2 heteroatoms. The molecule has 0 aliphatic heterocycles. The highest BCUT2D eigenvalue weighted by Gasteiger charge is 2.34. The predicted molar refractivity (Wildman–Crippen MR) is 66.1 cm³/mol. The Morgan fingerprint density at radius 1 is 1.06 bits per heavy atom. The minimum atomic E-state index is 0.288. The van der Waals surface area contributed by atoms with Crippen LogP contribution in [0, 0.1) is 17.8 Å². The van der Waals surface area contributed by atoms with E-state index in [-0.39, 0.29) is 6.04 Å². The number of amides is 1. The summed E-state index contributed by atoms with van der Waals surface area (Å²) < 4.78 is 0. The van der Waals surface area contributed by atoms with Gasteiger partial charge in [-0.3, -0.25) is 4.79 Å². The predicted octanol–water partition coefficient (Wildman–Crippen LogP) is 3.12. The molecule has 3 atom stereocenters. The van der Waals surface area contributed by atoms with Crippen LogP contribution in [0.4, 0.5) is 0 Å². The van der Waals surface area contributed by atoms with Crippen molar-refractivity contribution in [1.29, 1.82) is 0 Å². The van der Waals surface area contributed by atoms with Crippen molar-refractivity contribution >= 4 is 5.91 Å². The molecule has 0 bridgehead atoms. The van der Waals surface area contributed by atoms with Gasteiger partial charge in [-0.1, -0.05) is 25.7 Å². The maximum atomic E-state index is 12.0. The van der Waals surface area contributed by atoms with Gasteiger partial charge < -0.3 is 5.32 Å². The number of carbonyl (C=O) groups excluding carboxylic acids is 1. The second-order valence-electron chi connectivity index (χ2n) is 5.98. The van der Waals surface area contributed by atoms with Crippen molar-refractivity contribution in [3.63, 3.8) is 0 Å². The van der Waals surface area contributed by atoms with Crippen molar-refractivity contribution in [3.8, 4) is 0 Å². The van der Waals surface area contributed by atoms with E-state index in [1.807, 2.05) is 13.8 Å². The molecule has 2 aliphatic carbocycles. The molecule has 0 radical (unpaired) electrons. The fraction of sp³-hybridized carbons (Fsp3) is 0.929. The topological polar surface area (TPSA) is 29.1 Å². The van der Waals surface area contributed by atoms with E-state index in [0.29, 0.717) is 11.8 Å². The fourth-order valence-corrected chi connectivity index (χ4v) is 3.51. The molecular weight excluding hydrogens is 198 g/mol. The van der Waals surface area contributed by atoms with Gasteiger partial charge in [-0.15, -0.1) is 0 Å². The molecule has 1 N–H and O–H groups in total. The third kappa shape index (κ3) is 2.78. The lowest BCUT2D eigenvalue weighted by Gasteiger charge is -2.38. The third-order valence-corrected chi connectivity index (χ3v) is 4.34. The molecular formula is C14H25NO. The molecule has 2 aliphatic rings. The first-order chi connectivity index (χ1) is 7.66. The molecule has 92 valence electrons. The van der Waals surface area contributed by atoms with E-state index in [0.717, 1.165) is 24.7 Å². The van der Waals surface area contributed by atoms with E-state index in [1.54, 1.807) is 0 Å². The second kappa shape index (κ2) is 5.20. The Balaban J connectivity index is 1.87. The fourth-order valence-electron chi connectivity index (χ4n) is 3.51. The molecule has 0 aromatic heterocycles. The van der Waals surface area contributed by atoms with E-state index in [2.05, 4.69) is 5.32 Å². The Labute approximate surface area is 99.2 Å².